The van der Waals surface area contributed by atoms with Crippen LogP contribution in [-0.2, 0) is 4.79 Å². The van der Waals surface area contributed by atoms with Crippen molar-refractivity contribution in [3.8, 4) is 0 Å². The van der Waals surface area contributed by atoms with Crippen molar-refractivity contribution in [3.63, 3.8) is 0 Å². The first-order valence-electron chi connectivity index (χ1n) is 6.94. The predicted molar refractivity (Wildman–Crippen MR) is 73.8 cm³/mol. The fourth-order valence-corrected chi connectivity index (χ4v) is 2.33. The van der Waals surface area contributed by atoms with Gasteiger partial charge in [0, 0.05) is 31.1 Å². The number of piperidine rings is 1. The van der Waals surface area contributed by atoms with Crippen molar-refractivity contribution in [2.75, 3.05) is 13.1 Å². The van der Waals surface area contributed by atoms with Crippen LogP contribution in [0.15, 0.2) is 24.3 Å². The highest BCUT2D eigenvalue weighted by molar-refractivity contribution is 5.94. The molecule has 4 nitrogen and oxygen atoms in total. The van der Waals surface area contributed by atoms with E-state index in [0.29, 0.717) is 25.1 Å². The van der Waals surface area contributed by atoms with Gasteiger partial charge < -0.3 is 10.2 Å². The average Bonchev–Trinajstić information content (AvgIpc) is 2.48. The smallest absolute Gasteiger partial charge is 0.253 e. The summed E-state index contributed by atoms with van der Waals surface area (Å²) >= 11 is 0. The molecule has 108 valence electrons. The largest absolute Gasteiger partial charge is 0.353 e. The maximum Gasteiger partial charge on any atom is 0.253 e. The second-order valence-corrected chi connectivity index (χ2v) is 4.99. The average molecular weight is 278 g/mol. The van der Waals surface area contributed by atoms with Crippen LogP contribution in [0, 0.1) is 5.82 Å². The van der Waals surface area contributed by atoms with E-state index in [-0.39, 0.29) is 23.7 Å². The minimum Gasteiger partial charge on any atom is -0.353 e. The number of likely N-dealkylation sites (tertiary alicyclic amines) is 1. The van der Waals surface area contributed by atoms with E-state index in [0.717, 1.165) is 12.8 Å². The second-order valence-electron chi connectivity index (χ2n) is 4.99. The van der Waals surface area contributed by atoms with Crippen molar-refractivity contribution in [2.45, 2.75) is 32.2 Å². The van der Waals surface area contributed by atoms with E-state index in [4.69, 9.17) is 0 Å². The number of hydrogen-bond donors (Lipinski definition) is 1. The summed E-state index contributed by atoms with van der Waals surface area (Å²) in [5.74, 6) is -0.374. The molecular formula is C15H19FN2O2. The Bertz CT molecular complexity index is 479. The van der Waals surface area contributed by atoms with Crippen molar-refractivity contribution < 1.29 is 14.0 Å². The van der Waals surface area contributed by atoms with Crippen LogP contribution in [0.2, 0.25) is 0 Å². The summed E-state index contributed by atoms with van der Waals surface area (Å²) in [5.41, 5.74) is 0.502. The van der Waals surface area contributed by atoms with Crippen LogP contribution in [0.3, 0.4) is 0 Å². The van der Waals surface area contributed by atoms with E-state index >= 15 is 0 Å². The van der Waals surface area contributed by atoms with Gasteiger partial charge in [-0.3, -0.25) is 9.59 Å². The Morgan fingerprint density at radius 2 is 1.85 bits per heavy atom. The Kier molecular flexibility index (Phi) is 4.71. The van der Waals surface area contributed by atoms with E-state index < -0.39 is 0 Å². The van der Waals surface area contributed by atoms with E-state index in [1.807, 2.05) is 6.92 Å². The minimum absolute atomic E-state index is 0.0494. The molecule has 0 saturated carbocycles. The number of carbonyl (C=O) groups excluding carboxylic acids is 2. The van der Waals surface area contributed by atoms with Gasteiger partial charge in [0.25, 0.3) is 5.91 Å². The zero-order valence-electron chi connectivity index (χ0n) is 11.6. The van der Waals surface area contributed by atoms with Gasteiger partial charge in [0.15, 0.2) is 0 Å². The Morgan fingerprint density at radius 3 is 2.40 bits per heavy atom. The number of benzene rings is 1. The number of nitrogens with one attached hydrogen (secondary N) is 1. The fourth-order valence-electron chi connectivity index (χ4n) is 2.33. The van der Waals surface area contributed by atoms with Crippen LogP contribution >= 0.6 is 0 Å². The SMILES string of the molecule is CCC(=O)NC1CCN(C(=O)c2ccc(F)cc2)CC1. The summed E-state index contributed by atoms with van der Waals surface area (Å²) in [6.45, 7) is 3.05. The highest BCUT2D eigenvalue weighted by atomic mass is 19.1. The summed E-state index contributed by atoms with van der Waals surface area (Å²) < 4.78 is 12.8. The predicted octanol–water partition coefficient (Wildman–Crippen LogP) is 1.96. The van der Waals surface area contributed by atoms with Gasteiger partial charge in [-0.15, -0.1) is 0 Å². The molecule has 1 N–H and O–H groups in total. The quantitative estimate of drug-likeness (QED) is 0.919. The molecule has 1 aliphatic rings. The summed E-state index contributed by atoms with van der Waals surface area (Å²) in [4.78, 5) is 25.3. The van der Waals surface area contributed by atoms with Gasteiger partial charge in [0.05, 0.1) is 0 Å². The number of rotatable bonds is 3. The number of hydrogen-bond acceptors (Lipinski definition) is 2. The lowest BCUT2D eigenvalue weighted by atomic mass is 10.0. The monoisotopic (exact) mass is 278 g/mol. The minimum atomic E-state index is -0.345. The van der Waals surface area contributed by atoms with Crippen molar-refractivity contribution in [1.29, 1.82) is 0 Å². The van der Waals surface area contributed by atoms with Gasteiger partial charge in [0.1, 0.15) is 5.82 Å². The highest BCUT2D eigenvalue weighted by Crippen LogP contribution is 2.14. The van der Waals surface area contributed by atoms with Crippen molar-refractivity contribution >= 4 is 11.8 Å². The third kappa shape index (κ3) is 3.56. The van der Waals surface area contributed by atoms with E-state index in [1.54, 1.807) is 4.90 Å². The first kappa shape index (κ1) is 14.5. The van der Waals surface area contributed by atoms with Gasteiger partial charge in [-0.25, -0.2) is 4.39 Å². The van der Waals surface area contributed by atoms with Crippen LogP contribution in [0.4, 0.5) is 4.39 Å². The molecular weight excluding hydrogens is 259 g/mol. The third-order valence-corrected chi connectivity index (χ3v) is 3.56. The first-order chi connectivity index (χ1) is 9.60. The normalized spacial score (nSPS) is 16.0. The number of amides is 2. The van der Waals surface area contributed by atoms with E-state index in [1.165, 1.54) is 24.3 Å². The molecule has 1 aromatic carbocycles. The molecule has 1 heterocycles. The van der Waals surface area contributed by atoms with Crippen LogP contribution in [0.1, 0.15) is 36.5 Å². The second kappa shape index (κ2) is 6.50. The van der Waals surface area contributed by atoms with Crippen LogP contribution in [0.5, 0.6) is 0 Å². The maximum absolute atomic E-state index is 12.8. The maximum atomic E-state index is 12.8. The Morgan fingerprint density at radius 1 is 1.25 bits per heavy atom. The standard InChI is InChI=1S/C15H19FN2O2/c1-2-14(19)17-13-7-9-18(10-8-13)15(20)11-3-5-12(16)6-4-11/h3-6,13H,2,7-10H2,1H3,(H,17,19). The summed E-state index contributed by atoms with van der Waals surface area (Å²) in [5, 5.41) is 2.95. The molecule has 0 aromatic heterocycles. The molecule has 5 heteroatoms. The lowest BCUT2D eigenvalue weighted by Crippen LogP contribution is -2.46. The molecule has 1 fully saturated rings. The molecule has 1 saturated heterocycles. The van der Waals surface area contributed by atoms with Crippen molar-refractivity contribution in [2.24, 2.45) is 0 Å². The lowest BCUT2D eigenvalue weighted by molar-refractivity contribution is -0.121. The molecule has 20 heavy (non-hydrogen) atoms. The highest BCUT2D eigenvalue weighted by Gasteiger charge is 2.24. The number of nitrogens with zero attached hydrogens (tertiary/aromatic N) is 1. The Hall–Kier alpha value is -1.91. The lowest BCUT2D eigenvalue weighted by Gasteiger charge is -2.32. The van der Waals surface area contributed by atoms with Gasteiger partial charge in [0.2, 0.25) is 5.91 Å². The van der Waals surface area contributed by atoms with Gasteiger partial charge in [-0.1, -0.05) is 6.92 Å². The molecule has 0 spiro atoms. The zero-order valence-corrected chi connectivity index (χ0v) is 11.6. The van der Waals surface area contributed by atoms with Gasteiger partial charge in [-0.2, -0.15) is 0 Å². The summed E-state index contributed by atoms with van der Waals surface area (Å²) in [6.07, 6.45) is 2.01. The van der Waals surface area contributed by atoms with Crippen molar-refractivity contribution in [1.82, 2.24) is 10.2 Å². The topological polar surface area (TPSA) is 49.4 Å². The first-order valence-corrected chi connectivity index (χ1v) is 6.94. The summed E-state index contributed by atoms with van der Waals surface area (Å²) in [6, 6.07) is 5.74. The molecule has 0 unspecified atom stereocenters. The molecule has 0 aliphatic carbocycles. The van der Waals surface area contributed by atoms with E-state index in [2.05, 4.69) is 5.32 Å². The summed E-state index contributed by atoms with van der Waals surface area (Å²) in [7, 11) is 0. The fraction of sp³-hybridized carbons (Fsp3) is 0.467. The molecule has 0 atom stereocenters. The molecule has 2 amide bonds. The number of carbonyl (C=O) groups is 2. The molecule has 1 aromatic rings. The van der Waals surface area contributed by atoms with Gasteiger partial charge >= 0.3 is 0 Å². The van der Waals surface area contributed by atoms with E-state index in [9.17, 15) is 14.0 Å². The molecule has 1 aliphatic heterocycles. The van der Waals surface area contributed by atoms with Gasteiger partial charge in [-0.05, 0) is 37.1 Å². The molecule has 0 bridgehead atoms. The Labute approximate surface area is 118 Å². The molecule has 0 radical (unpaired) electrons. The molecule has 2 rings (SSSR count). The van der Waals surface area contributed by atoms with Crippen LogP contribution < -0.4 is 5.32 Å². The third-order valence-electron chi connectivity index (χ3n) is 3.56. The van der Waals surface area contributed by atoms with Crippen molar-refractivity contribution in [3.05, 3.63) is 35.6 Å². The Balaban J connectivity index is 1.88. The zero-order chi connectivity index (χ0) is 14.5. The van der Waals surface area contributed by atoms with Crippen LogP contribution in [-0.4, -0.2) is 35.8 Å². The van der Waals surface area contributed by atoms with Crippen LogP contribution in [0.25, 0.3) is 0 Å². The number of halogens is 1.